The third-order valence-electron chi connectivity index (χ3n) is 5.20. The number of aromatic hydroxyl groups is 1. The zero-order valence-electron chi connectivity index (χ0n) is 15.6. The average Bonchev–Trinajstić information content (AvgIpc) is 3.21. The lowest BCUT2D eigenvalue weighted by Crippen LogP contribution is -2.22. The fourth-order valence-corrected chi connectivity index (χ4v) is 3.88. The van der Waals surface area contributed by atoms with E-state index in [0.29, 0.717) is 28.2 Å². The minimum Gasteiger partial charge on any atom is -0.502 e. The molecule has 0 spiro atoms. The number of ether oxygens (including phenoxy) is 2. The summed E-state index contributed by atoms with van der Waals surface area (Å²) in [5.74, 6) is 0.573. The molecule has 3 N–H and O–H groups in total. The Labute approximate surface area is 164 Å². The molecule has 1 atom stereocenters. The molecule has 0 radical (unpaired) electrons. The van der Waals surface area contributed by atoms with E-state index in [9.17, 15) is 9.90 Å². The predicted molar refractivity (Wildman–Crippen MR) is 107 cm³/mol. The number of benzene rings is 2. The lowest BCUT2D eigenvalue weighted by atomic mass is 9.83. The Bertz CT molecular complexity index is 1280. The van der Waals surface area contributed by atoms with Gasteiger partial charge in [-0.05, 0) is 29.8 Å². The summed E-state index contributed by atoms with van der Waals surface area (Å²) in [4.78, 5) is 13.0. The largest absolute Gasteiger partial charge is 0.502 e. The van der Waals surface area contributed by atoms with E-state index >= 15 is 0 Å². The molecule has 3 heterocycles. The van der Waals surface area contributed by atoms with Crippen molar-refractivity contribution in [2.75, 3.05) is 19.5 Å². The standard InChI is InChI=1S/C21H17N3O5/c1-27-14-7-10(8-15(28-2)19(14)25)16-12-9-22-24-20(12)23-18-11-5-3-4-6-13(11)29-21(26)17(16)18/h3-9,16,25H,1-2H3,(H2,22,23,24)/t16-/m1/s1. The summed E-state index contributed by atoms with van der Waals surface area (Å²) < 4.78 is 16.2. The number of phenols is 1. The first-order chi connectivity index (χ1) is 14.1. The van der Waals surface area contributed by atoms with E-state index in [4.69, 9.17) is 13.9 Å². The van der Waals surface area contributed by atoms with Crippen molar-refractivity contribution in [3.05, 3.63) is 69.7 Å². The smallest absolute Gasteiger partial charge is 0.342 e. The molecule has 0 fully saturated rings. The van der Waals surface area contributed by atoms with Gasteiger partial charge in [-0.25, -0.2) is 4.79 Å². The molecule has 2 aromatic carbocycles. The van der Waals surface area contributed by atoms with E-state index in [2.05, 4.69) is 15.5 Å². The number of aromatic amines is 1. The molecule has 0 saturated carbocycles. The van der Waals surface area contributed by atoms with E-state index in [-0.39, 0.29) is 17.2 Å². The second-order valence-electron chi connectivity index (χ2n) is 6.71. The maximum absolute atomic E-state index is 13.0. The van der Waals surface area contributed by atoms with Crippen molar-refractivity contribution < 1.29 is 19.0 Å². The Balaban J connectivity index is 1.85. The van der Waals surface area contributed by atoms with Crippen LogP contribution in [0.2, 0.25) is 0 Å². The van der Waals surface area contributed by atoms with Gasteiger partial charge < -0.3 is 24.3 Å². The number of para-hydroxylation sites is 1. The monoisotopic (exact) mass is 391 g/mol. The Morgan fingerprint density at radius 1 is 1.14 bits per heavy atom. The number of aromatic nitrogens is 2. The van der Waals surface area contributed by atoms with Gasteiger partial charge in [0.15, 0.2) is 11.5 Å². The van der Waals surface area contributed by atoms with Crippen LogP contribution in [0.5, 0.6) is 17.2 Å². The van der Waals surface area contributed by atoms with Crippen LogP contribution in [0.4, 0.5) is 11.5 Å². The molecule has 0 amide bonds. The van der Waals surface area contributed by atoms with Crippen molar-refractivity contribution in [2.45, 2.75) is 5.92 Å². The molecule has 4 aromatic rings. The molecule has 146 valence electrons. The number of rotatable bonds is 3. The lowest BCUT2D eigenvalue weighted by molar-refractivity contribution is 0.339. The van der Waals surface area contributed by atoms with Crippen LogP contribution in [0.15, 0.2) is 51.8 Å². The van der Waals surface area contributed by atoms with E-state index in [0.717, 1.165) is 10.9 Å². The van der Waals surface area contributed by atoms with Crippen LogP contribution in [0.3, 0.4) is 0 Å². The highest BCUT2D eigenvalue weighted by Gasteiger charge is 2.34. The Kier molecular flexibility index (Phi) is 3.73. The third-order valence-corrected chi connectivity index (χ3v) is 5.20. The third kappa shape index (κ3) is 2.46. The van der Waals surface area contributed by atoms with Gasteiger partial charge in [0.1, 0.15) is 11.4 Å². The zero-order chi connectivity index (χ0) is 20.1. The van der Waals surface area contributed by atoms with Crippen molar-refractivity contribution >= 4 is 22.5 Å². The highest BCUT2D eigenvalue weighted by molar-refractivity contribution is 5.95. The fraction of sp³-hybridized carbons (Fsp3) is 0.143. The number of H-pyrrole nitrogens is 1. The van der Waals surface area contributed by atoms with Crippen LogP contribution < -0.4 is 20.4 Å². The summed E-state index contributed by atoms with van der Waals surface area (Å²) in [5, 5.41) is 21.5. The topological polar surface area (TPSA) is 110 Å². The molecule has 8 nitrogen and oxygen atoms in total. The van der Waals surface area contributed by atoms with Crippen LogP contribution in [-0.4, -0.2) is 29.5 Å². The molecule has 1 aliphatic heterocycles. The molecule has 2 aromatic heterocycles. The van der Waals surface area contributed by atoms with Crippen LogP contribution in [0.1, 0.15) is 22.6 Å². The molecule has 0 bridgehead atoms. The summed E-state index contributed by atoms with van der Waals surface area (Å²) in [6.07, 6.45) is 1.66. The van der Waals surface area contributed by atoms with E-state index in [1.54, 1.807) is 24.4 Å². The van der Waals surface area contributed by atoms with Crippen LogP contribution in [0.25, 0.3) is 11.0 Å². The Hall–Kier alpha value is -3.94. The van der Waals surface area contributed by atoms with Gasteiger partial charge in [0, 0.05) is 16.9 Å². The molecule has 0 unspecified atom stereocenters. The minimum absolute atomic E-state index is 0.106. The molecule has 5 rings (SSSR count). The molecule has 29 heavy (non-hydrogen) atoms. The van der Waals surface area contributed by atoms with Gasteiger partial charge in [0.2, 0.25) is 5.75 Å². The number of methoxy groups -OCH3 is 2. The van der Waals surface area contributed by atoms with E-state index in [1.165, 1.54) is 14.2 Å². The molecule has 0 aliphatic carbocycles. The van der Waals surface area contributed by atoms with Gasteiger partial charge in [-0.1, -0.05) is 12.1 Å². The van der Waals surface area contributed by atoms with E-state index < -0.39 is 11.5 Å². The van der Waals surface area contributed by atoms with Crippen molar-refractivity contribution in [1.82, 2.24) is 10.2 Å². The average molecular weight is 391 g/mol. The molecular weight excluding hydrogens is 374 g/mol. The van der Waals surface area contributed by atoms with Gasteiger partial charge in [-0.2, -0.15) is 5.10 Å². The fourth-order valence-electron chi connectivity index (χ4n) is 3.88. The number of nitrogens with one attached hydrogen (secondary N) is 2. The SMILES string of the molecule is COc1cc([C@@H]2c3cn[nH]c3Nc3c2c(=O)oc2ccccc32)cc(OC)c1O. The van der Waals surface area contributed by atoms with Gasteiger partial charge in [-0.3, -0.25) is 5.10 Å². The maximum atomic E-state index is 13.0. The van der Waals surface area contributed by atoms with Crippen molar-refractivity contribution in [2.24, 2.45) is 0 Å². The number of hydrogen-bond donors (Lipinski definition) is 3. The normalized spacial score (nSPS) is 14.8. The van der Waals surface area contributed by atoms with Gasteiger partial charge >= 0.3 is 5.63 Å². The molecule has 8 heteroatoms. The zero-order valence-corrected chi connectivity index (χ0v) is 15.6. The summed E-state index contributed by atoms with van der Waals surface area (Å²) in [5.41, 5.74) is 2.62. The van der Waals surface area contributed by atoms with Crippen molar-refractivity contribution in [3.8, 4) is 17.2 Å². The highest BCUT2D eigenvalue weighted by atomic mass is 16.5. The van der Waals surface area contributed by atoms with Crippen LogP contribution in [0, 0.1) is 0 Å². The first-order valence-corrected chi connectivity index (χ1v) is 8.93. The number of fused-ring (bicyclic) bond motifs is 4. The first-order valence-electron chi connectivity index (χ1n) is 8.93. The van der Waals surface area contributed by atoms with Gasteiger partial charge in [0.05, 0.1) is 31.7 Å². The second kappa shape index (κ2) is 6.30. The van der Waals surface area contributed by atoms with Crippen molar-refractivity contribution in [1.29, 1.82) is 0 Å². The van der Waals surface area contributed by atoms with Crippen LogP contribution in [-0.2, 0) is 0 Å². The molecule has 0 saturated heterocycles. The predicted octanol–water partition coefficient (Wildman–Crippen LogP) is 3.48. The van der Waals surface area contributed by atoms with Crippen molar-refractivity contribution in [3.63, 3.8) is 0 Å². The summed E-state index contributed by atoms with van der Waals surface area (Å²) in [7, 11) is 2.92. The molecule has 1 aliphatic rings. The van der Waals surface area contributed by atoms with Gasteiger partial charge in [-0.15, -0.1) is 0 Å². The van der Waals surface area contributed by atoms with E-state index in [1.807, 2.05) is 18.2 Å². The maximum Gasteiger partial charge on any atom is 0.342 e. The number of phenolic OH excluding ortho intramolecular Hbond substituents is 1. The molecular formula is C21H17N3O5. The lowest BCUT2D eigenvalue weighted by Gasteiger charge is -2.27. The highest BCUT2D eigenvalue weighted by Crippen LogP contribution is 2.48. The number of nitrogens with zero attached hydrogens (tertiary/aromatic N) is 1. The Morgan fingerprint density at radius 2 is 1.86 bits per heavy atom. The minimum atomic E-state index is -0.496. The number of anilines is 2. The summed E-state index contributed by atoms with van der Waals surface area (Å²) in [6, 6.07) is 10.7. The number of hydrogen-bond acceptors (Lipinski definition) is 7. The quantitative estimate of drug-likeness (QED) is 0.404. The summed E-state index contributed by atoms with van der Waals surface area (Å²) in [6.45, 7) is 0. The van der Waals surface area contributed by atoms with Gasteiger partial charge in [0.25, 0.3) is 0 Å². The Morgan fingerprint density at radius 3 is 2.59 bits per heavy atom. The second-order valence-corrected chi connectivity index (χ2v) is 6.71. The van der Waals surface area contributed by atoms with Crippen LogP contribution >= 0.6 is 0 Å². The summed E-state index contributed by atoms with van der Waals surface area (Å²) >= 11 is 0. The first kappa shape index (κ1) is 17.2.